The number of halogens is 1. The third-order valence-electron chi connectivity index (χ3n) is 5.24. The quantitative estimate of drug-likeness (QED) is 0.925. The average Bonchev–Trinajstić information content (AvgIpc) is 3.08. The van der Waals surface area contributed by atoms with E-state index in [1.54, 1.807) is 7.11 Å². The maximum absolute atomic E-state index is 12.8. The Bertz CT molecular complexity index is 535. The van der Waals surface area contributed by atoms with Crippen LogP contribution in [0, 0.1) is 17.8 Å². The number of nitrogens with zero attached hydrogens (tertiary/aromatic N) is 1. The molecule has 0 saturated heterocycles. The molecule has 0 heterocycles. The number of hydrogen-bond acceptors (Lipinski definition) is 3. The monoisotopic (exact) mass is 324 g/mol. The number of hydrogen-bond donors (Lipinski definition) is 1. The molecule has 1 aromatic carbocycles. The number of ether oxygens (including phenoxy) is 1. The molecule has 0 aromatic heterocycles. The highest BCUT2D eigenvalue weighted by atomic mass is 35.5. The Labute approximate surface area is 138 Å². The summed E-state index contributed by atoms with van der Waals surface area (Å²) < 4.78 is 5.36. The van der Waals surface area contributed by atoms with Gasteiger partial charge in [-0.15, -0.1) is 12.4 Å². The van der Waals surface area contributed by atoms with Crippen LogP contribution < -0.4 is 10.5 Å². The summed E-state index contributed by atoms with van der Waals surface area (Å²) in [6, 6.07) is 7.90. The van der Waals surface area contributed by atoms with Gasteiger partial charge in [0.1, 0.15) is 5.75 Å². The number of methoxy groups -OCH3 is 1. The molecule has 122 valence electrons. The number of carbonyl (C=O) groups excluding carboxylic acids is 1. The second kappa shape index (κ2) is 6.88. The van der Waals surface area contributed by atoms with E-state index in [0.717, 1.165) is 24.2 Å². The Morgan fingerprint density at radius 1 is 1.32 bits per heavy atom. The van der Waals surface area contributed by atoms with Crippen molar-refractivity contribution in [2.45, 2.75) is 31.8 Å². The predicted octanol–water partition coefficient (Wildman–Crippen LogP) is 2.45. The van der Waals surface area contributed by atoms with Gasteiger partial charge in [-0.2, -0.15) is 0 Å². The molecule has 2 fully saturated rings. The molecule has 2 saturated carbocycles. The Kier molecular flexibility index (Phi) is 5.35. The molecule has 0 spiro atoms. The molecule has 2 bridgehead atoms. The Morgan fingerprint density at radius 3 is 2.64 bits per heavy atom. The molecule has 2 N–H and O–H groups in total. The lowest BCUT2D eigenvalue weighted by atomic mass is 9.84. The first kappa shape index (κ1) is 17.1. The SMILES string of the molecule is COc1ccccc1CN(C)C(=O)C1C2CCC(C2)C1N.Cl. The third kappa shape index (κ3) is 2.95. The Morgan fingerprint density at radius 2 is 2.00 bits per heavy atom. The zero-order valence-electron chi connectivity index (χ0n) is 13.2. The van der Waals surface area contributed by atoms with E-state index in [2.05, 4.69) is 0 Å². The van der Waals surface area contributed by atoms with Crippen LogP contribution in [0.5, 0.6) is 5.75 Å². The van der Waals surface area contributed by atoms with Gasteiger partial charge in [0.25, 0.3) is 0 Å². The molecule has 1 aromatic rings. The van der Waals surface area contributed by atoms with Crippen LogP contribution in [0.15, 0.2) is 24.3 Å². The van der Waals surface area contributed by atoms with E-state index in [1.165, 1.54) is 6.42 Å². The molecular formula is C17H25ClN2O2. The van der Waals surface area contributed by atoms with Gasteiger partial charge in [-0.3, -0.25) is 4.79 Å². The van der Waals surface area contributed by atoms with Crippen molar-refractivity contribution in [3.05, 3.63) is 29.8 Å². The number of benzene rings is 1. The number of para-hydroxylation sites is 1. The fourth-order valence-electron chi connectivity index (χ4n) is 4.12. The molecule has 1 amide bonds. The topological polar surface area (TPSA) is 55.6 Å². The largest absolute Gasteiger partial charge is 0.496 e. The van der Waals surface area contributed by atoms with Gasteiger partial charge >= 0.3 is 0 Å². The van der Waals surface area contributed by atoms with Gasteiger partial charge in [-0.25, -0.2) is 0 Å². The zero-order chi connectivity index (χ0) is 15.0. The van der Waals surface area contributed by atoms with E-state index in [4.69, 9.17) is 10.5 Å². The van der Waals surface area contributed by atoms with Gasteiger partial charge in [0.05, 0.1) is 13.0 Å². The van der Waals surface area contributed by atoms with Crippen molar-refractivity contribution in [1.82, 2.24) is 4.90 Å². The first-order valence-corrected chi connectivity index (χ1v) is 7.74. The number of nitrogens with two attached hydrogens (primary N) is 1. The summed E-state index contributed by atoms with van der Waals surface area (Å²) in [6.07, 6.45) is 3.50. The molecule has 0 aliphatic heterocycles. The smallest absolute Gasteiger partial charge is 0.227 e. The maximum atomic E-state index is 12.8. The number of amides is 1. The minimum atomic E-state index is 0. The lowest BCUT2D eigenvalue weighted by molar-refractivity contribution is -0.137. The van der Waals surface area contributed by atoms with E-state index >= 15 is 0 Å². The second-order valence-corrected chi connectivity index (χ2v) is 6.44. The zero-order valence-corrected chi connectivity index (χ0v) is 14.0. The highest BCUT2D eigenvalue weighted by molar-refractivity contribution is 5.85. The minimum Gasteiger partial charge on any atom is -0.496 e. The summed E-state index contributed by atoms with van der Waals surface area (Å²) in [7, 11) is 3.53. The summed E-state index contributed by atoms with van der Waals surface area (Å²) in [4.78, 5) is 14.6. The normalized spacial score (nSPS) is 29.0. The number of rotatable bonds is 4. The maximum Gasteiger partial charge on any atom is 0.227 e. The second-order valence-electron chi connectivity index (χ2n) is 6.44. The third-order valence-corrected chi connectivity index (χ3v) is 5.24. The molecular weight excluding hydrogens is 300 g/mol. The molecule has 2 aliphatic rings. The van der Waals surface area contributed by atoms with Crippen molar-refractivity contribution in [3.63, 3.8) is 0 Å². The molecule has 2 aliphatic carbocycles. The van der Waals surface area contributed by atoms with E-state index in [1.807, 2.05) is 36.2 Å². The van der Waals surface area contributed by atoms with Crippen LogP contribution in [0.2, 0.25) is 0 Å². The van der Waals surface area contributed by atoms with Crippen LogP contribution in [0.3, 0.4) is 0 Å². The van der Waals surface area contributed by atoms with Crippen LogP contribution in [-0.4, -0.2) is 31.0 Å². The summed E-state index contributed by atoms with van der Waals surface area (Å²) in [6.45, 7) is 0.573. The van der Waals surface area contributed by atoms with Crippen molar-refractivity contribution in [2.24, 2.45) is 23.5 Å². The average molecular weight is 325 g/mol. The number of carbonyl (C=O) groups is 1. The van der Waals surface area contributed by atoms with Crippen molar-refractivity contribution < 1.29 is 9.53 Å². The van der Waals surface area contributed by atoms with Gasteiger partial charge < -0.3 is 15.4 Å². The predicted molar refractivity (Wildman–Crippen MR) is 89.0 cm³/mol. The van der Waals surface area contributed by atoms with Crippen molar-refractivity contribution >= 4 is 18.3 Å². The summed E-state index contributed by atoms with van der Waals surface area (Å²) in [5.41, 5.74) is 7.31. The van der Waals surface area contributed by atoms with Gasteiger partial charge in [0, 0.05) is 25.2 Å². The summed E-state index contributed by atoms with van der Waals surface area (Å²) in [5, 5.41) is 0. The van der Waals surface area contributed by atoms with Crippen molar-refractivity contribution in [1.29, 1.82) is 0 Å². The van der Waals surface area contributed by atoms with E-state index < -0.39 is 0 Å². The van der Waals surface area contributed by atoms with Crippen LogP contribution >= 0.6 is 12.4 Å². The fraction of sp³-hybridized carbons (Fsp3) is 0.588. The first-order valence-electron chi connectivity index (χ1n) is 7.74. The fourth-order valence-corrected chi connectivity index (χ4v) is 4.12. The van der Waals surface area contributed by atoms with Gasteiger partial charge in [0.2, 0.25) is 5.91 Å². The van der Waals surface area contributed by atoms with Gasteiger partial charge in [-0.05, 0) is 37.2 Å². The van der Waals surface area contributed by atoms with E-state index in [9.17, 15) is 4.79 Å². The van der Waals surface area contributed by atoms with Crippen molar-refractivity contribution in [2.75, 3.05) is 14.2 Å². The summed E-state index contributed by atoms with van der Waals surface area (Å²) in [5.74, 6) is 2.10. The van der Waals surface area contributed by atoms with Crippen LogP contribution in [0.1, 0.15) is 24.8 Å². The molecule has 0 radical (unpaired) electrons. The first-order chi connectivity index (χ1) is 10.1. The lowest BCUT2D eigenvalue weighted by Gasteiger charge is -2.31. The number of fused-ring (bicyclic) bond motifs is 2. The molecule has 4 unspecified atom stereocenters. The van der Waals surface area contributed by atoms with Gasteiger partial charge in [-0.1, -0.05) is 18.2 Å². The molecule has 5 heteroatoms. The van der Waals surface area contributed by atoms with Gasteiger partial charge in [0.15, 0.2) is 0 Å². The standard InChI is InChI=1S/C17H24N2O2.ClH/c1-19(10-13-5-3-4-6-14(13)21-2)17(20)15-11-7-8-12(9-11)16(15)18;/h3-6,11-12,15-16H,7-10,18H2,1-2H3;1H. The summed E-state index contributed by atoms with van der Waals surface area (Å²) >= 11 is 0. The highest BCUT2D eigenvalue weighted by Gasteiger charge is 2.49. The molecule has 22 heavy (non-hydrogen) atoms. The van der Waals surface area contributed by atoms with E-state index in [0.29, 0.717) is 18.4 Å². The van der Waals surface area contributed by atoms with Crippen LogP contribution in [0.25, 0.3) is 0 Å². The highest BCUT2D eigenvalue weighted by Crippen LogP contribution is 2.48. The Hall–Kier alpha value is -1.26. The molecule has 4 nitrogen and oxygen atoms in total. The van der Waals surface area contributed by atoms with Crippen molar-refractivity contribution in [3.8, 4) is 5.75 Å². The lowest BCUT2D eigenvalue weighted by Crippen LogP contribution is -2.45. The van der Waals surface area contributed by atoms with Crippen LogP contribution in [0.4, 0.5) is 0 Å². The Balaban J connectivity index is 0.00000176. The minimum absolute atomic E-state index is 0. The molecule has 3 rings (SSSR count). The van der Waals surface area contributed by atoms with Crippen LogP contribution in [-0.2, 0) is 11.3 Å². The molecule has 4 atom stereocenters. The van der Waals surface area contributed by atoms with E-state index in [-0.39, 0.29) is 30.3 Å².